The molecule has 0 saturated heterocycles. The minimum Gasteiger partial charge on any atom is -0.545 e. The van der Waals surface area contributed by atoms with E-state index in [1.165, 1.54) is 0 Å². The van der Waals surface area contributed by atoms with Crippen molar-refractivity contribution in [2.45, 2.75) is 6.92 Å². The molecule has 0 aromatic heterocycles. The fourth-order valence-corrected chi connectivity index (χ4v) is 0.236. The maximum absolute atomic E-state index is 9.76. The second-order valence-corrected chi connectivity index (χ2v) is 1.43. The zero-order chi connectivity index (χ0) is 7.44. The second kappa shape index (κ2) is 5.12. The Hall–Kier alpha value is -0.697. The number of rotatable bonds is 2. The van der Waals surface area contributed by atoms with E-state index < -0.39 is 11.9 Å². The molecule has 10 heavy (non-hydrogen) atoms. The van der Waals surface area contributed by atoms with E-state index in [0.717, 1.165) is 6.92 Å². The molecule has 5 heteroatoms. The summed E-state index contributed by atoms with van der Waals surface area (Å²) in [5, 5.41) is 19.4. The van der Waals surface area contributed by atoms with Crippen molar-refractivity contribution >= 4 is 11.9 Å². The number of carbonyl (C=O) groups is 2. The van der Waals surface area contributed by atoms with Crippen LogP contribution in [0.4, 0.5) is 0 Å². The largest absolute Gasteiger partial charge is 2.00 e. The molecule has 0 amide bonds. The summed E-state index contributed by atoms with van der Waals surface area (Å²) in [5.41, 5.74) is -0.352. The van der Waals surface area contributed by atoms with E-state index in [1.807, 2.05) is 0 Å². The zero-order valence-electron chi connectivity index (χ0n) is 5.42. The van der Waals surface area contributed by atoms with Crippen LogP contribution in [0.1, 0.15) is 6.92 Å². The molecule has 0 heterocycles. The Morgan fingerprint density at radius 1 is 1.30 bits per heavy atom. The summed E-state index contributed by atoms with van der Waals surface area (Å²) in [7, 11) is 0. The van der Waals surface area contributed by atoms with Gasteiger partial charge in [-0.3, -0.25) is 0 Å². The molecule has 0 radical (unpaired) electrons. The summed E-state index contributed by atoms with van der Waals surface area (Å²) >= 11 is 0. The van der Waals surface area contributed by atoms with Gasteiger partial charge in [-0.15, -0.1) is 0 Å². The van der Waals surface area contributed by atoms with Gasteiger partial charge in [0.2, 0.25) is 0 Å². The molecular formula is C5H4O4Zn. The van der Waals surface area contributed by atoms with E-state index in [0.29, 0.717) is 6.08 Å². The van der Waals surface area contributed by atoms with Crippen LogP contribution >= 0.6 is 0 Å². The molecule has 0 rings (SSSR count). The fraction of sp³-hybridized carbons (Fsp3) is 0.200. The summed E-state index contributed by atoms with van der Waals surface area (Å²) < 4.78 is 0. The minimum absolute atomic E-state index is 0. The molecule has 50 valence electrons. The Morgan fingerprint density at radius 3 is 1.80 bits per heavy atom. The number of aliphatic carboxylic acids is 2. The van der Waals surface area contributed by atoms with Gasteiger partial charge in [-0.05, 0) is 18.6 Å². The first-order valence-electron chi connectivity index (χ1n) is 2.14. The van der Waals surface area contributed by atoms with Gasteiger partial charge < -0.3 is 19.8 Å². The van der Waals surface area contributed by atoms with E-state index >= 15 is 0 Å². The van der Waals surface area contributed by atoms with Crippen LogP contribution in [0.15, 0.2) is 11.6 Å². The first-order chi connectivity index (χ1) is 4.04. The first kappa shape index (κ1) is 12.0. The van der Waals surface area contributed by atoms with Crippen LogP contribution in [0.5, 0.6) is 0 Å². The van der Waals surface area contributed by atoms with E-state index in [9.17, 15) is 19.8 Å². The molecule has 0 saturated carbocycles. The van der Waals surface area contributed by atoms with Crippen molar-refractivity contribution in [2.75, 3.05) is 0 Å². The third-order valence-electron chi connectivity index (χ3n) is 0.656. The Morgan fingerprint density at radius 2 is 1.70 bits per heavy atom. The SMILES string of the molecule is C/C(=C/C(=O)[O-])C(=O)[O-].[Zn+2]. The topological polar surface area (TPSA) is 80.3 Å². The Kier molecular flexibility index (Phi) is 6.15. The second-order valence-electron chi connectivity index (χ2n) is 1.43. The molecule has 0 aliphatic rings. The van der Waals surface area contributed by atoms with E-state index in [2.05, 4.69) is 0 Å². The monoisotopic (exact) mass is 192 g/mol. The number of hydrogen-bond donors (Lipinski definition) is 0. The van der Waals surface area contributed by atoms with Crippen molar-refractivity contribution in [3.63, 3.8) is 0 Å². The predicted molar refractivity (Wildman–Crippen MR) is 23.8 cm³/mol. The van der Waals surface area contributed by atoms with Crippen LogP contribution in [-0.4, -0.2) is 11.9 Å². The maximum Gasteiger partial charge on any atom is 2.00 e. The molecule has 0 aromatic carbocycles. The molecule has 0 aliphatic heterocycles. The summed E-state index contributed by atoms with van der Waals surface area (Å²) in [6.07, 6.45) is 0.468. The van der Waals surface area contributed by atoms with Gasteiger partial charge in [0.05, 0.1) is 11.9 Å². The Balaban J connectivity index is 0. The van der Waals surface area contributed by atoms with Gasteiger partial charge >= 0.3 is 19.5 Å². The van der Waals surface area contributed by atoms with Gasteiger partial charge in [0.1, 0.15) is 0 Å². The molecule has 0 bridgehead atoms. The molecule has 0 unspecified atom stereocenters. The van der Waals surface area contributed by atoms with Crippen molar-refractivity contribution in [3.05, 3.63) is 11.6 Å². The summed E-state index contributed by atoms with van der Waals surface area (Å²) in [4.78, 5) is 19.4. The third kappa shape index (κ3) is 5.44. The molecular weight excluding hydrogens is 189 g/mol. The number of carboxylic acids is 2. The number of carboxylic acid groups (broad SMARTS) is 2. The summed E-state index contributed by atoms with van der Waals surface area (Å²) in [5.74, 6) is -3.03. The standard InChI is InChI=1S/C5H6O4.Zn/c1-3(5(8)9)2-4(6)7;/h2H,1H3,(H,6,7)(H,8,9);/q;+2/p-2/b3-2-;. The van der Waals surface area contributed by atoms with Gasteiger partial charge in [0.25, 0.3) is 0 Å². The van der Waals surface area contributed by atoms with Crippen LogP contribution in [0.3, 0.4) is 0 Å². The van der Waals surface area contributed by atoms with Gasteiger partial charge in [0, 0.05) is 0 Å². The molecule has 0 N–H and O–H groups in total. The first-order valence-corrected chi connectivity index (χ1v) is 2.14. The van der Waals surface area contributed by atoms with E-state index in [-0.39, 0.29) is 25.1 Å². The predicted octanol–water partition coefficient (Wildman–Crippen LogP) is -2.57. The van der Waals surface area contributed by atoms with Crippen LogP contribution < -0.4 is 10.2 Å². The Bertz CT molecular complexity index is 172. The Labute approximate surface area is 70.3 Å². The van der Waals surface area contributed by atoms with Crippen LogP contribution in [-0.2, 0) is 29.1 Å². The van der Waals surface area contributed by atoms with Gasteiger partial charge in [-0.1, -0.05) is 0 Å². The van der Waals surface area contributed by atoms with Crippen molar-refractivity contribution < 1.29 is 39.3 Å². The van der Waals surface area contributed by atoms with Crippen LogP contribution in [0, 0.1) is 0 Å². The average molecular weight is 193 g/mol. The molecule has 0 aliphatic carbocycles. The van der Waals surface area contributed by atoms with Crippen molar-refractivity contribution in [3.8, 4) is 0 Å². The molecule has 0 aromatic rings. The molecule has 0 fully saturated rings. The minimum atomic E-state index is -1.53. The van der Waals surface area contributed by atoms with E-state index in [1.54, 1.807) is 0 Å². The summed E-state index contributed by atoms with van der Waals surface area (Å²) in [6, 6.07) is 0. The van der Waals surface area contributed by atoms with Crippen molar-refractivity contribution in [2.24, 2.45) is 0 Å². The van der Waals surface area contributed by atoms with Crippen LogP contribution in [0.25, 0.3) is 0 Å². The van der Waals surface area contributed by atoms with Crippen molar-refractivity contribution in [1.82, 2.24) is 0 Å². The number of carbonyl (C=O) groups excluding carboxylic acids is 2. The van der Waals surface area contributed by atoms with Gasteiger partial charge in [-0.2, -0.15) is 0 Å². The van der Waals surface area contributed by atoms with Crippen LogP contribution in [0.2, 0.25) is 0 Å². The van der Waals surface area contributed by atoms with Crippen molar-refractivity contribution in [1.29, 1.82) is 0 Å². The summed E-state index contributed by atoms with van der Waals surface area (Å²) in [6.45, 7) is 1.12. The quantitative estimate of drug-likeness (QED) is 0.357. The third-order valence-corrected chi connectivity index (χ3v) is 0.656. The van der Waals surface area contributed by atoms with E-state index in [4.69, 9.17) is 0 Å². The average Bonchev–Trinajstić information content (AvgIpc) is 1.63. The zero-order valence-corrected chi connectivity index (χ0v) is 8.38. The molecule has 4 nitrogen and oxygen atoms in total. The smallest absolute Gasteiger partial charge is 0.545 e. The molecule has 0 spiro atoms. The van der Waals surface area contributed by atoms with Gasteiger partial charge in [-0.25, -0.2) is 0 Å². The maximum atomic E-state index is 9.76. The normalized spacial score (nSPS) is 9.90. The van der Waals surface area contributed by atoms with Gasteiger partial charge in [0.15, 0.2) is 0 Å². The number of hydrogen-bond acceptors (Lipinski definition) is 4. The fourth-order valence-electron chi connectivity index (χ4n) is 0.236. The molecule has 0 atom stereocenters.